The van der Waals surface area contributed by atoms with Gasteiger partial charge in [0.25, 0.3) is 0 Å². The molecular formula is C15H6Cl3FO3. The molecule has 1 heterocycles. The third-order valence-electron chi connectivity index (χ3n) is 2.84. The molecule has 3 nitrogen and oxygen atoms in total. The summed E-state index contributed by atoms with van der Waals surface area (Å²) in [7, 11) is 0. The lowest BCUT2D eigenvalue weighted by Gasteiger charge is -2.11. The summed E-state index contributed by atoms with van der Waals surface area (Å²) in [6.07, 6.45) is 0. The molecule has 0 spiro atoms. The number of hydrogen-bond acceptors (Lipinski definition) is 3. The third kappa shape index (κ3) is 2.90. The number of benzene rings is 2. The molecule has 0 atom stereocenters. The predicted octanol–water partition coefficient (Wildman–Crippen LogP) is 5.68. The summed E-state index contributed by atoms with van der Waals surface area (Å²) in [5.74, 6) is -0.399. The molecule has 22 heavy (non-hydrogen) atoms. The maximum Gasteiger partial charge on any atom is 0.339 e. The summed E-state index contributed by atoms with van der Waals surface area (Å²) in [6, 6.07) is 7.94. The second-order valence-corrected chi connectivity index (χ2v) is 5.62. The number of fused-ring (bicyclic) bond motifs is 1. The van der Waals surface area contributed by atoms with E-state index >= 15 is 0 Å². The molecule has 0 unspecified atom stereocenters. The SMILES string of the molecule is O=c1cc(Oc2c(Cl)cc(F)cc2Cl)c2cc(Cl)ccc2o1. The van der Waals surface area contributed by atoms with Crippen molar-refractivity contribution in [2.45, 2.75) is 0 Å². The molecule has 0 N–H and O–H groups in total. The fourth-order valence-electron chi connectivity index (χ4n) is 1.93. The zero-order valence-electron chi connectivity index (χ0n) is 10.7. The number of halogens is 4. The van der Waals surface area contributed by atoms with Gasteiger partial charge in [0.15, 0.2) is 5.75 Å². The summed E-state index contributed by atoms with van der Waals surface area (Å²) < 4.78 is 23.9. The number of hydrogen-bond donors (Lipinski definition) is 0. The van der Waals surface area contributed by atoms with Crippen LogP contribution in [0.4, 0.5) is 4.39 Å². The van der Waals surface area contributed by atoms with Crippen LogP contribution >= 0.6 is 34.8 Å². The molecule has 0 radical (unpaired) electrons. The van der Waals surface area contributed by atoms with E-state index in [2.05, 4.69) is 0 Å². The van der Waals surface area contributed by atoms with Crippen molar-refractivity contribution >= 4 is 45.8 Å². The van der Waals surface area contributed by atoms with Gasteiger partial charge in [-0.2, -0.15) is 0 Å². The minimum Gasteiger partial charge on any atom is -0.453 e. The topological polar surface area (TPSA) is 39.4 Å². The van der Waals surface area contributed by atoms with E-state index in [0.717, 1.165) is 18.2 Å². The second-order valence-electron chi connectivity index (χ2n) is 4.37. The van der Waals surface area contributed by atoms with Gasteiger partial charge < -0.3 is 9.15 Å². The molecule has 3 aromatic rings. The highest BCUT2D eigenvalue weighted by Crippen LogP contribution is 2.39. The average molecular weight is 360 g/mol. The second kappa shape index (κ2) is 5.80. The molecule has 0 fully saturated rings. The molecule has 2 aromatic carbocycles. The lowest BCUT2D eigenvalue weighted by Crippen LogP contribution is -1.99. The predicted molar refractivity (Wildman–Crippen MR) is 84.0 cm³/mol. The van der Waals surface area contributed by atoms with E-state index in [1.54, 1.807) is 18.2 Å². The third-order valence-corrected chi connectivity index (χ3v) is 3.64. The van der Waals surface area contributed by atoms with Crippen molar-refractivity contribution in [2.24, 2.45) is 0 Å². The van der Waals surface area contributed by atoms with Gasteiger partial charge >= 0.3 is 5.63 Å². The van der Waals surface area contributed by atoms with Gasteiger partial charge in [0.2, 0.25) is 0 Å². The molecule has 7 heteroatoms. The first-order valence-corrected chi connectivity index (χ1v) is 7.13. The molecule has 0 aliphatic heterocycles. The zero-order chi connectivity index (χ0) is 15.9. The van der Waals surface area contributed by atoms with Crippen LogP contribution in [0.25, 0.3) is 11.0 Å². The molecule has 0 aliphatic carbocycles. The van der Waals surface area contributed by atoms with E-state index in [1.807, 2.05) is 0 Å². The first-order valence-electron chi connectivity index (χ1n) is 6.00. The van der Waals surface area contributed by atoms with E-state index in [1.165, 1.54) is 0 Å². The van der Waals surface area contributed by atoms with E-state index in [0.29, 0.717) is 16.0 Å². The summed E-state index contributed by atoms with van der Waals surface area (Å²) in [6.45, 7) is 0. The van der Waals surface area contributed by atoms with Gasteiger partial charge in [-0.1, -0.05) is 34.8 Å². The van der Waals surface area contributed by atoms with Gasteiger partial charge in [0.05, 0.1) is 21.5 Å². The van der Waals surface area contributed by atoms with Crippen LogP contribution < -0.4 is 10.4 Å². The van der Waals surface area contributed by atoms with Crippen molar-refractivity contribution in [1.82, 2.24) is 0 Å². The Labute approximate surface area is 138 Å². The van der Waals surface area contributed by atoms with Gasteiger partial charge in [-0.05, 0) is 30.3 Å². The molecule has 0 bridgehead atoms. The Hall–Kier alpha value is -1.75. The highest BCUT2D eigenvalue weighted by molar-refractivity contribution is 6.37. The Kier molecular flexibility index (Phi) is 4.00. The van der Waals surface area contributed by atoms with Crippen LogP contribution in [0, 0.1) is 5.82 Å². The quantitative estimate of drug-likeness (QED) is 0.552. The average Bonchev–Trinajstić information content (AvgIpc) is 2.43. The highest BCUT2D eigenvalue weighted by Gasteiger charge is 2.14. The highest BCUT2D eigenvalue weighted by atomic mass is 35.5. The van der Waals surface area contributed by atoms with Crippen molar-refractivity contribution < 1.29 is 13.5 Å². The largest absolute Gasteiger partial charge is 0.453 e. The smallest absolute Gasteiger partial charge is 0.339 e. The molecule has 3 rings (SSSR count). The van der Waals surface area contributed by atoms with Gasteiger partial charge in [0, 0.05) is 5.02 Å². The molecule has 0 saturated heterocycles. The van der Waals surface area contributed by atoms with Crippen LogP contribution in [0.15, 0.2) is 45.6 Å². The van der Waals surface area contributed by atoms with Crippen molar-refractivity contribution in [3.63, 3.8) is 0 Å². The fraction of sp³-hybridized carbons (Fsp3) is 0. The van der Waals surface area contributed by atoms with Crippen LogP contribution in [-0.4, -0.2) is 0 Å². The Morgan fingerprint density at radius 2 is 1.68 bits per heavy atom. The van der Waals surface area contributed by atoms with Crippen molar-refractivity contribution in [3.8, 4) is 11.5 Å². The molecular weight excluding hydrogens is 354 g/mol. The zero-order valence-corrected chi connectivity index (χ0v) is 13.0. The Balaban J connectivity index is 2.19. The van der Waals surface area contributed by atoms with Crippen LogP contribution in [0.1, 0.15) is 0 Å². The number of rotatable bonds is 2. The van der Waals surface area contributed by atoms with Crippen molar-refractivity contribution in [3.05, 3.63) is 67.7 Å². The minimum atomic E-state index is -0.612. The summed E-state index contributed by atoms with van der Waals surface area (Å²) in [5, 5.41) is 0.855. The Morgan fingerprint density at radius 1 is 1.00 bits per heavy atom. The van der Waals surface area contributed by atoms with Crippen LogP contribution in [0.3, 0.4) is 0 Å². The van der Waals surface area contributed by atoms with E-state index in [4.69, 9.17) is 44.0 Å². The van der Waals surface area contributed by atoms with E-state index < -0.39 is 11.4 Å². The first-order chi connectivity index (χ1) is 10.4. The molecule has 1 aromatic heterocycles. The molecule has 0 aliphatic rings. The van der Waals surface area contributed by atoms with Gasteiger partial charge in [-0.25, -0.2) is 9.18 Å². The summed E-state index contributed by atoms with van der Waals surface area (Å²) in [5.41, 5.74) is -0.319. The maximum absolute atomic E-state index is 13.2. The fourth-order valence-corrected chi connectivity index (χ4v) is 2.64. The van der Waals surface area contributed by atoms with Gasteiger partial charge in [-0.15, -0.1) is 0 Å². The lowest BCUT2D eigenvalue weighted by atomic mass is 10.2. The van der Waals surface area contributed by atoms with Gasteiger partial charge in [0.1, 0.15) is 17.1 Å². The summed E-state index contributed by atoms with van der Waals surface area (Å²) >= 11 is 17.8. The molecule has 0 saturated carbocycles. The first kappa shape index (κ1) is 15.2. The van der Waals surface area contributed by atoms with Crippen LogP contribution in [-0.2, 0) is 0 Å². The lowest BCUT2D eigenvalue weighted by molar-refractivity contribution is 0.474. The van der Waals surface area contributed by atoms with Crippen LogP contribution in [0.2, 0.25) is 15.1 Å². The maximum atomic E-state index is 13.2. The number of ether oxygens (including phenoxy) is 1. The Bertz CT molecular complexity index is 914. The van der Waals surface area contributed by atoms with Crippen molar-refractivity contribution in [1.29, 1.82) is 0 Å². The molecule has 112 valence electrons. The molecule has 0 amide bonds. The van der Waals surface area contributed by atoms with Crippen molar-refractivity contribution in [2.75, 3.05) is 0 Å². The minimum absolute atomic E-state index is 0.0200. The van der Waals surface area contributed by atoms with E-state index in [9.17, 15) is 9.18 Å². The van der Waals surface area contributed by atoms with E-state index in [-0.39, 0.29) is 21.5 Å². The van der Waals surface area contributed by atoms with Crippen LogP contribution in [0.5, 0.6) is 11.5 Å². The van der Waals surface area contributed by atoms with Gasteiger partial charge in [-0.3, -0.25) is 0 Å². The normalized spacial score (nSPS) is 10.9. The standard InChI is InChI=1S/C15H6Cl3FO3/c16-7-1-2-12-9(3-7)13(6-14(20)21-12)22-15-10(17)4-8(19)5-11(15)18/h1-6H. The summed E-state index contributed by atoms with van der Waals surface area (Å²) in [4.78, 5) is 11.6. The Morgan fingerprint density at radius 3 is 2.36 bits per heavy atom. The monoisotopic (exact) mass is 358 g/mol.